The molecule has 2 aromatic carbocycles. The van der Waals surface area contributed by atoms with Gasteiger partial charge >= 0.3 is 5.97 Å². The molecule has 0 unspecified atom stereocenters. The van der Waals surface area contributed by atoms with Crippen LogP contribution in [0.25, 0.3) is 21.7 Å². The Balaban J connectivity index is 1.75. The van der Waals surface area contributed by atoms with E-state index in [1.54, 1.807) is 6.20 Å². The summed E-state index contributed by atoms with van der Waals surface area (Å²) in [6.45, 7) is 10.4. The molecule has 2 bridgehead atoms. The average molecular weight is 403 g/mol. The fourth-order valence-corrected chi connectivity index (χ4v) is 6.31. The number of fused-ring (bicyclic) bond motifs is 5. The monoisotopic (exact) mass is 402 g/mol. The summed E-state index contributed by atoms with van der Waals surface area (Å²) in [5.41, 5.74) is 3.14. The standard InChI is InChI=1S/C26H30N2O2/c1-5-30-24(29)21-14-27-22-19-9-7-6-8-17(19)10-11-20(22)23(21)28-16-26(4)13-18(28)12-25(2,3)15-26/h6-11,14,18H,5,12-13,15-16H2,1-4H3/t18-,26-/m0/s1. The summed E-state index contributed by atoms with van der Waals surface area (Å²) in [4.78, 5) is 20.2. The number of aromatic nitrogens is 1. The van der Waals surface area contributed by atoms with Gasteiger partial charge in [0.1, 0.15) is 5.56 Å². The van der Waals surface area contributed by atoms with Gasteiger partial charge in [0.15, 0.2) is 0 Å². The van der Waals surface area contributed by atoms with Crippen LogP contribution in [0.4, 0.5) is 5.69 Å². The molecule has 0 spiro atoms. The average Bonchev–Trinajstić information content (AvgIpc) is 2.95. The van der Waals surface area contributed by atoms with Crippen molar-refractivity contribution in [1.29, 1.82) is 0 Å². The van der Waals surface area contributed by atoms with Crippen LogP contribution in [0.15, 0.2) is 42.6 Å². The van der Waals surface area contributed by atoms with Crippen LogP contribution >= 0.6 is 0 Å². The molecule has 30 heavy (non-hydrogen) atoms. The van der Waals surface area contributed by atoms with E-state index in [1.807, 2.05) is 6.92 Å². The predicted molar refractivity (Wildman–Crippen MR) is 122 cm³/mol. The van der Waals surface area contributed by atoms with E-state index in [4.69, 9.17) is 9.72 Å². The number of anilines is 1. The van der Waals surface area contributed by atoms with Crippen LogP contribution in [0.2, 0.25) is 0 Å². The highest BCUT2D eigenvalue weighted by Crippen LogP contribution is 2.54. The molecule has 4 heteroatoms. The number of pyridine rings is 1. The van der Waals surface area contributed by atoms with Gasteiger partial charge in [-0.25, -0.2) is 4.79 Å². The molecular formula is C26H30N2O2. The molecule has 2 heterocycles. The smallest absolute Gasteiger partial charge is 0.341 e. The van der Waals surface area contributed by atoms with Gasteiger partial charge in [-0.1, -0.05) is 57.2 Å². The number of nitrogens with zero attached hydrogens (tertiary/aromatic N) is 2. The second kappa shape index (κ2) is 6.69. The molecule has 1 aromatic heterocycles. The van der Waals surface area contributed by atoms with E-state index in [2.05, 4.69) is 62.1 Å². The Bertz CT molecular complexity index is 1150. The zero-order chi connectivity index (χ0) is 21.1. The predicted octanol–water partition coefficient (Wildman–Crippen LogP) is 5.97. The minimum atomic E-state index is -0.277. The van der Waals surface area contributed by atoms with E-state index in [0.29, 0.717) is 23.6 Å². The molecule has 2 fully saturated rings. The lowest BCUT2D eigenvalue weighted by Gasteiger charge is -2.39. The summed E-state index contributed by atoms with van der Waals surface area (Å²) in [6, 6.07) is 13.0. The molecule has 1 saturated carbocycles. The van der Waals surface area contributed by atoms with Crippen molar-refractivity contribution >= 4 is 33.3 Å². The van der Waals surface area contributed by atoms with Crippen molar-refractivity contribution in [1.82, 2.24) is 4.98 Å². The van der Waals surface area contributed by atoms with E-state index < -0.39 is 0 Å². The third-order valence-electron chi connectivity index (χ3n) is 6.93. The van der Waals surface area contributed by atoms with E-state index in [1.165, 1.54) is 18.2 Å². The zero-order valence-corrected chi connectivity index (χ0v) is 18.4. The third kappa shape index (κ3) is 3.05. The number of benzene rings is 2. The van der Waals surface area contributed by atoms with Crippen LogP contribution < -0.4 is 4.90 Å². The molecule has 0 N–H and O–H groups in total. The van der Waals surface area contributed by atoms with Crippen LogP contribution in [-0.4, -0.2) is 30.1 Å². The highest BCUT2D eigenvalue weighted by Gasteiger charge is 2.50. The van der Waals surface area contributed by atoms with E-state index in [0.717, 1.165) is 34.9 Å². The number of carbonyl (C=O) groups excluding carboxylic acids is 1. The first-order valence-electron chi connectivity index (χ1n) is 11.0. The Morgan fingerprint density at radius 1 is 1.13 bits per heavy atom. The second-order valence-corrected chi connectivity index (χ2v) is 10.3. The third-order valence-corrected chi connectivity index (χ3v) is 6.93. The summed E-state index contributed by atoms with van der Waals surface area (Å²) in [7, 11) is 0. The summed E-state index contributed by atoms with van der Waals surface area (Å²) in [6.07, 6.45) is 5.27. The summed E-state index contributed by atoms with van der Waals surface area (Å²) >= 11 is 0. The van der Waals surface area contributed by atoms with Gasteiger partial charge in [0.05, 0.1) is 17.8 Å². The molecule has 1 aliphatic heterocycles. The first kappa shape index (κ1) is 19.3. The molecule has 1 saturated heterocycles. The fourth-order valence-electron chi connectivity index (χ4n) is 6.31. The number of ether oxygens (including phenoxy) is 1. The molecule has 2 aliphatic rings. The van der Waals surface area contributed by atoms with Gasteiger partial charge in [0, 0.05) is 29.6 Å². The highest BCUT2D eigenvalue weighted by atomic mass is 16.5. The highest BCUT2D eigenvalue weighted by molar-refractivity contribution is 6.13. The molecule has 2 atom stereocenters. The van der Waals surface area contributed by atoms with Gasteiger partial charge in [-0.2, -0.15) is 0 Å². The van der Waals surface area contributed by atoms with Crippen LogP contribution in [0.3, 0.4) is 0 Å². The molecule has 0 radical (unpaired) electrons. The quantitative estimate of drug-likeness (QED) is 0.400. The number of hydrogen-bond donors (Lipinski definition) is 0. The van der Waals surface area contributed by atoms with Gasteiger partial charge in [0.25, 0.3) is 0 Å². The van der Waals surface area contributed by atoms with Crippen molar-refractivity contribution in [2.24, 2.45) is 10.8 Å². The van der Waals surface area contributed by atoms with Gasteiger partial charge in [0.2, 0.25) is 0 Å². The Labute approximate surface area is 178 Å². The van der Waals surface area contributed by atoms with E-state index in [9.17, 15) is 4.79 Å². The maximum Gasteiger partial charge on any atom is 0.341 e. The molecule has 156 valence electrons. The lowest BCUT2D eigenvalue weighted by Crippen LogP contribution is -2.35. The summed E-state index contributed by atoms with van der Waals surface area (Å²) in [5, 5.41) is 3.34. The van der Waals surface area contributed by atoms with Crippen molar-refractivity contribution in [3.05, 3.63) is 48.2 Å². The van der Waals surface area contributed by atoms with Crippen molar-refractivity contribution in [3.63, 3.8) is 0 Å². The first-order valence-corrected chi connectivity index (χ1v) is 11.0. The maximum absolute atomic E-state index is 12.9. The Hall–Kier alpha value is -2.62. The summed E-state index contributed by atoms with van der Waals surface area (Å²) in [5.74, 6) is -0.277. The summed E-state index contributed by atoms with van der Waals surface area (Å²) < 4.78 is 5.44. The Kier molecular flexibility index (Phi) is 4.32. The van der Waals surface area contributed by atoms with Crippen molar-refractivity contribution in [2.75, 3.05) is 18.1 Å². The number of esters is 1. The van der Waals surface area contributed by atoms with Crippen LogP contribution in [0, 0.1) is 10.8 Å². The second-order valence-electron chi connectivity index (χ2n) is 10.3. The van der Waals surface area contributed by atoms with E-state index in [-0.39, 0.29) is 11.4 Å². The zero-order valence-electron chi connectivity index (χ0n) is 18.4. The molecule has 1 aliphatic carbocycles. The fraction of sp³-hybridized carbons (Fsp3) is 0.462. The molecular weight excluding hydrogens is 372 g/mol. The van der Waals surface area contributed by atoms with Gasteiger partial charge in [-0.05, 0) is 42.4 Å². The molecule has 3 aromatic rings. The SMILES string of the molecule is CCOC(=O)c1cnc2c(ccc3ccccc32)c1N1C[C@@]2(C)C[C@@H]1CC(C)(C)C2. The Morgan fingerprint density at radius 3 is 2.73 bits per heavy atom. The van der Waals surface area contributed by atoms with Gasteiger partial charge < -0.3 is 9.64 Å². The largest absolute Gasteiger partial charge is 0.462 e. The van der Waals surface area contributed by atoms with Crippen LogP contribution in [-0.2, 0) is 4.74 Å². The Morgan fingerprint density at radius 2 is 1.93 bits per heavy atom. The van der Waals surface area contributed by atoms with Crippen LogP contribution in [0.1, 0.15) is 57.3 Å². The molecule has 0 amide bonds. The van der Waals surface area contributed by atoms with Crippen molar-refractivity contribution in [2.45, 2.75) is 53.0 Å². The normalized spacial score (nSPS) is 25.1. The lowest BCUT2D eigenvalue weighted by molar-refractivity contribution is 0.0526. The minimum Gasteiger partial charge on any atom is -0.462 e. The van der Waals surface area contributed by atoms with Gasteiger partial charge in [-0.15, -0.1) is 0 Å². The van der Waals surface area contributed by atoms with Crippen molar-refractivity contribution < 1.29 is 9.53 Å². The van der Waals surface area contributed by atoms with Gasteiger partial charge in [-0.3, -0.25) is 4.98 Å². The van der Waals surface area contributed by atoms with Crippen LogP contribution in [0.5, 0.6) is 0 Å². The maximum atomic E-state index is 12.9. The topological polar surface area (TPSA) is 42.4 Å². The van der Waals surface area contributed by atoms with E-state index >= 15 is 0 Å². The minimum absolute atomic E-state index is 0.269. The number of hydrogen-bond acceptors (Lipinski definition) is 4. The lowest BCUT2D eigenvalue weighted by atomic mass is 9.65. The molecule has 5 rings (SSSR count). The van der Waals surface area contributed by atoms with Crippen molar-refractivity contribution in [3.8, 4) is 0 Å². The number of rotatable bonds is 3. The first-order chi connectivity index (χ1) is 14.3. The number of carbonyl (C=O) groups is 1. The molecule has 4 nitrogen and oxygen atoms in total.